The second-order valence-electron chi connectivity index (χ2n) is 5.45. The van der Waals surface area contributed by atoms with Gasteiger partial charge in [-0.05, 0) is 30.0 Å². The van der Waals surface area contributed by atoms with Gasteiger partial charge in [-0.25, -0.2) is 0 Å². The van der Waals surface area contributed by atoms with E-state index in [2.05, 4.69) is 34.5 Å². The first-order valence-corrected chi connectivity index (χ1v) is 6.90. The Hall–Kier alpha value is -0.900. The highest BCUT2D eigenvalue weighted by Crippen LogP contribution is 2.31. The van der Waals surface area contributed by atoms with Crippen molar-refractivity contribution in [1.29, 1.82) is 0 Å². The third-order valence-electron chi connectivity index (χ3n) is 4.23. The van der Waals surface area contributed by atoms with Crippen molar-refractivity contribution in [2.45, 2.75) is 19.0 Å². The first-order chi connectivity index (χ1) is 8.88. The molecule has 2 aliphatic rings. The van der Waals surface area contributed by atoms with Gasteiger partial charge < -0.3 is 10.1 Å². The summed E-state index contributed by atoms with van der Waals surface area (Å²) in [5, 5.41) is 3.54. The molecule has 0 spiro atoms. The van der Waals surface area contributed by atoms with E-state index in [1.54, 1.807) is 7.11 Å². The minimum absolute atomic E-state index is 0.553. The van der Waals surface area contributed by atoms with Gasteiger partial charge in [-0.3, -0.25) is 4.90 Å². The average Bonchev–Trinajstić information content (AvgIpc) is 2.87. The summed E-state index contributed by atoms with van der Waals surface area (Å²) in [6.07, 6.45) is 1.27. The van der Waals surface area contributed by atoms with Crippen LogP contribution in [0.1, 0.15) is 23.6 Å². The molecular weight excluding hydrogens is 224 g/mol. The molecule has 98 valence electrons. The molecule has 1 saturated heterocycles. The first kappa shape index (κ1) is 12.2. The van der Waals surface area contributed by atoms with E-state index >= 15 is 0 Å². The van der Waals surface area contributed by atoms with E-state index in [9.17, 15) is 0 Å². The van der Waals surface area contributed by atoms with Crippen molar-refractivity contribution < 1.29 is 4.74 Å². The zero-order valence-corrected chi connectivity index (χ0v) is 11.1. The fourth-order valence-electron chi connectivity index (χ4n) is 3.32. The molecule has 0 bridgehead atoms. The van der Waals surface area contributed by atoms with Gasteiger partial charge in [0.05, 0.1) is 6.61 Å². The van der Waals surface area contributed by atoms with Crippen molar-refractivity contribution in [1.82, 2.24) is 10.2 Å². The average molecular weight is 246 g/mol. The van der Waals surface area contributed by atoms with Crippen LogP contribution in [0.2, 0.25) is 0 Å². The summed E-state index contributed by atoms with van der Waals surface area (Å²) < 4.78 is 5.29. The predicted octanol–water partition coefficient (Wildman–Crippen LogP) is 1.80. The molecule has 18 heavy (non-hydrogen) atoms. The molecule has 0 saturated carbocycles. The lowest BCUT2D eigenvalue weighted by molar-refractivity contribution is 0.145. The van der Waals surface area contributed by atoms with Crippen LogP contribution < -0.4 is 5.32 Å². The molecule has 0 aromatic heterocycles. The largest absolute Gasteiger partial charge is 0.384 e. The lowest BCUT2D eigenvalue weighted by Gasteiger charge is -2.33. The summed E-state index contributed by atoms with van der Waals surface area (Å²) in [4.78, 5) is 2.62. The van der Waals surface area contributed by atoms with Crippen molar-refractivity contribution in [3.05, 3.63) is 35.4 Å². The molecule has 2 atom stereocenters. The monoisotopic (exact) mass is 246 g/mol. The number of fused-ring (bicyclic) bond motifs is 1. The van der Waals surface area contributed by atoms with Gasteiger partial charge in [0.2, 0.25) is 0 Å². The van der Waals surface area contributed by atoms with E-state index in [4.69, 9.17) is 4.74 Å². The summed E-state index contributed by atoms with van der Waals surface area (Å²) in [5.74, 6) is 0.712. The molecule has 2 unspecified atom stereocenters. The Bertz CT molecular complexity index is 407. The Morgan fingerprint density at radius 2 is 2.28 bits per heavy atom. The molecular formula is C15H22N2O. The molecule has 2 aliphatic heterocycles. The number of rotatable bonds is 3. The second-order valence-corrected chi connectivity index (χ2v) is 5.45. The van der Waals surface area contributed by atoms with Crippen LogP contribution in [0, 0.1) is 5.92 Å². The zero-order chi connectivity index (χ0) is 12.4. The van der Waals surface area contributed by atoms with Crippen molar-refractivity contribution in [2.24, 2.45) is 5.92 Å². The number of ether oxygens (including phenoxy) is 1. The maximum Gasteiger partial charge on any atom is 0.0503 e. The molecule has 1 fully saturated rings. The molecule has 0 radical (unpaired) electrons. The number of hydrogen-bond donors (Lipinski definition) is 1. The van der Waals surface area contributed by atoms with Gasteiger partial charge in [0.1, 0.15) is 0 Å². The molecule has 3 rings (SSSR count). The van der Waals surface area contributed by atoms with Gasteiger partial charge in [0.15, 0.2) is 0 Å². The third-order valence-corrected chi connectivity index (χ3v) is 4.23. The van der Waals surface area contributed by atoms with Gasteiger partial charge in [-0.1, -0.05) is 24.3 Å². The van der Waals surface area contributed by atoms with Crippen molar-refractivity contribution >= 4 is 0 Å². The fourth-order valence-corrected chi connectivity index (χ4v) is 3.32. The number of nitrogens with one attached hydrogen (secondary N) is 1. The van der Waals surface area contributed by atoms with Crippen molar-refractivity contribution in [2.75, 3.05) is 33.4 Å². The van der Waals surface area contributed by atoms with Gasteiger partial charge >= 0.3 is 0 Å². The van der Waals surface area contributed by atoms with E-state index in [-0.39, 0.29) is 0 Å². The standard InChI is InChI=1S/C15H22N2O/c1-18-11-12-6-7-17(10-12)15-9-16-8-13-4-2-3-5-14(13)15/h2-5,12,15-16H,6-11H2,1H3. The molecule has 0 aliphatic carbocycles. The zero-order valence-electron chi connectivity index (χ0n) is 11.1. The minimum Gasteiger partial charge on any atom is -0.384 e. The maximum atomic E-state index is 5.29. The van der Waals surface area contributed by atoms with Crippen LogP contribution in [0.25, 0.3) is 0 Å². The smallest absolute Gasteiger partial charge is 0.0503 e. The topological polar surface area (TPSA) is 24.5 Å². The maximum absolute atomic E-state index is 5.29. The number of benzene rings is 1. The van der Waals surface area contributed by atoms with Crippen molar-refractivity contribution in [3.63, 3.8) is 0 Å². The summed E-state index contributed by atoms with van der Waals surface area (Å²) in [6, 6.07) is 9.40. The molecule has 1 N–H and O–H groups in total. The number of likely N-dealkylation sites (tertiary alicyclic amines) is 1. The number of nitrogens with zero attached hydrogens (tertiary/aromatic N) is 1. The van der Waals surface area contributed by atoms with Gasteiger partial charge in [0, 0.05) is 32.8 Å². The highest BCUT2D eigenvalue weighted by Gasteiger charge is 2.31. The van der Waals surface area contributed by atoms with Crippen LogP contribution in [0.5, 0.6) is 0 Å². The van der Waals surface area contributed by atoms with Gasteiger partial charge in [-0.15, -0.1) is 0 Å². The van der Waals surface area contributed by atoms with E-state index in [0.29, 0.717) is 12.0 Å². The Kier molecular flexibility index (Phi) is 3.64. The van der Waals surface area contributed by atoms with Crippen LogP contribution in [0.3, 0.4) is 0 Å². The second kappa shape index (κ2) is 5.39. The Morgan fingerprint density at radius 1 is 1.39 bits per heavy atom. The number of methoxy groups -OCH3 is 1. The van der Waals surface area contributed by atoms with Gasteiger partial charge in [-0.2, -0.15) is 0 Å². The van der Waals surface area contributed by atoms with Crippen LogP contribution in [-0.4, -0.2) is 38.3 Å². The van der Waals surface area contributed by atoms with Crippen LogP contribution in [0.4, 0.5) is 0 Å². The van der Waals surface area contributed by atoms with E-state index < -0.39 is 0 Å². The van der Waals surface area contributed by atoms with E-state index in [0.717, 1.165) is 19.7 Å². The molecule has 3 nitrogen and oxygen atoms in total. The lowest BCUT2D eigenvalue weighted by atomic mass is 9.96. The van der Waals surface area contributed by atoms with Gasteiger partial charge in [0.25, 0.3) is 0 Å². The highest BCUT2D eigenvalue weighted by atomic mass is 16.5. The summed E-state index contributed by atoms with van der Waals surface area (Å²) >= 11 is 0. The first-order valence-electron chi connectivity index (χ1n) is 6.90. The predicted molar refractivity (Wildman–Crippen MR) is 72.4 cm³/mol. The highest BCUT2D eigenvalue weighted by molar-refractivity contribution is 5.32. The Labute approximate surface area is 109 Å². The fraction of sp³-hybridized carbons (Fsp3) is 0.600. The minimum atomic E-state index is 0.553. The summed E-state index contributed by atoms with van der Waals surface area (Å²) in [7, 11) is 1.81. The Morgan fingerprint density at radius 3 is 3.17 bits per heavy atom. The van der Waals surface area contributed by atoms with E-state index in [1.807, 2.05) is 0 Å². The molecule has 1 aromatic carbocycles. The SMILES string of the molecule is COCC1CCN(C2CNCc3ccccc32)C1. The van der Waals surface area contributed by atoms with Crippen LogP contribution >= 0.6 is 0 Å². The van der Waals surface area contributed by atoms with Crippen molar-refractivity contribution in [3.8, 4) is 0 Å². The van der Waals surface area contributed by atoms with Crippen LogP contribution in [-0.2, 0) is 11.3 Å². The molecule has 0 amide bonds. The Balaban J connectivity index is 1.74. The summed E-state index contributed by atoms with van der Waals surface area (Å²) in [6.45, 7) is 5.38. The summed E-state index contributed by atoms with van der Waals surface area (Å²) in [5.41, 5.74) is 2.98. The van der Waals surface area contributed by atoms with E-state index in [1.165, 1.54) is 30.6 Å². The normalized spacial score (nSPS) is 28.3. The lowest BCUT2D eigenvalue weighted by Crippen LogP contribution is -2.38. The molecule has 1 aromatic rings. The number of hydrogen-bond acceptors (Lipinski definition) is 3. The quantitative estimate of drug-likeness (QED) is 0.880. The van der Waals surface area contributed by atoms with Crippen LogP contribution in [0.15, 0.2) is 24.3 Å². The molecule has 2 heterocycles. The third kappa shape index (κ3) is 2.30. The molecule has 3 heteroatoms.